The van der Waals surface area contributed by atoms with Gasteiger partial charge in [0.1, 0.15) is 24.2 Å². The molecule has 1 heterocycles. The van der Waals surface area contributed by atoms with Crippen molar-refractivity contribution in [3.05, 3.63) is 83.4 Å². The quantitative estimate of drug-likeness (QED) is 0.305. The highest BCUT2D eigenvalue weighted by Crippen LogP contribution is 2.30. The van der Waals surface area contributed by atoms with Crippen molar-refractivity contribution < 1.29 is 24.1 Å². The van der Waals surface area contributed by atoms with Gasteiger partial charge in [0.05, 0.1) is 7.11 Å². The fourth-order valence-electron chi connectivity index (χ4n) is 4.25. The Morgan fingerprint density at radius 1 is 1.05 bits per heavy atom. The summed E-state index contributed by atoms with van der Waals surface area (Å²) >= 11 is 0. The molecule has 8 heteroatoms. The van der Waals surface area contributed by atoms with Crippen LogP contribution in [0.4, 0.5) is 0 Å². The lowest BCUT2D eigenvalue weighted by molar-refractivity contribution is -0.112. The summed E-state index contributed by atoms with van der Waals surface area (Å²) in [7, 11) is 3.61. The topological polar surface area (TPSA) is 94.2 Å². The molecule has 0 saturated carbocycles. The molecule has 196 valence electrons. The second-order valence-corrected chi connectivity index (χ2v) is 8.89. The first-order valence-electron chi connectivity index (χ1n) is 12.0. The lowest BCUT2D eigenvalue weighted by Crippen LogP contribution is -2.35. The van der Waals surface area contributed by atoms with Gasteiger partial charge in [0, 0.05) is 24.7 Å². The standard InChI is InChI=1S/C29H32N2O5.ClH/c1-31-14-12-22(13-15-31)36-24-8-5-7-23(18-24)35-19-21-6-3-4-9-25(21)26(29(30)33)16-20-10-11-28(34-2)27(32)17-20;/h3-11,16-18,22,32H,12-15,19H2,1-2H3,(H2,30,33);1H/b26-16+;. The molecule has 0 bridgehead atoms. The third-order valence-corrected chi connectivity index (χ3v) is 6.26. The van der Waals surface area contributed by atoms with E-state index in [0.717, 1.165) is 37.2 Å². The van der Waals surface area contributed by atoms with Gasteiger partial charge in [-0.2, -0.15) is 0 Å². The van der Waals surface area contributed by atoms with Gasteiger partial charge < -0.3 is 30.0 Å². The molecule has 0 aromatic heterocycles. The Hall–Kier alpha value is -3.68. The number of piperidine rings is 1. The van der Waals surface area contributed by atoms with Crippen LogP contribution in [-0.4, -0.2) is 49.3 Å². The summed E-state index contributed by atoms with van der Waals surface area (Å²) in [4.78, 5) is 14.7. The summed E-state index contributed by atoms with van der Waals surface area (Å²) in [6.07, 6.45) is 3.86. The molecule has 3 aromatic carbocycles. The van der Waals surface area contributed by atoms with E-state index in [2.05, 4.69) is 11.9 Å². The van der Waals surface area contributed by atoms with Crippen LogP contribution in [-0.2, 0) is 11.4 Å². The zero-order valence-corrected chi connectivity index (χ0v) is 21.9. The number of aromatic hydroxyl groups is 1. The number of hydrogen-bond donors (Lipinski definition) is 2. The number of benzene rings is 3. The van der Waals surface area contributed by atoms with E-state index in [1.165, 1.54) is 13.2 Å². The molecule has 37 heavy (non-hydrogen) atoms. The van der Waals surface area contributed by atoms with Crippen molar-refractivity contribution in [2.75, 3.05) is 27.2 Å². The van der Waals surface area contributed by atoms with Crippen LogP contribution >= 0.6 is 12.4 Å². The molecule has 3 aromatic rings. The molecule has 0 atom stereocenters. The third-order valence-electron chi connectivity index (χ3n) is 6.26. The van der Waals surface area contributed by atoms with Crippen LogP contribution in [0.3, 0.4) is 0 Å². The van der Waals surface area contributed by atoms with Crippen LogP contribution in [0.5, 0.6) is 23.0 Å². The Morgan fingerprint density at radius 3 is 2.49 bits per heavy atom. The minimum atomic E-state index is -0.578. The molecule has 1 saturated heterocycles. The number of hydrogen-bond acceptors (Lipinski definition) is 6. The second-order valence-electron chi connectivity index (χ2n) is 8.89. The van der Waals surface area contributed by atoms with Crippen LogP contribution in [0.1, 0.15) is 29.5 Å². The summed E-state index contributed by atoms with van der Waals surface area (Å²) in [5, 5.41) is 10.1. The number of nitrogens with zero attached hydrogens (tertiary/aromatic N) is 1. The van der Waals surface area contributed by atoms with Crippen molar-refractivity contribution in [1.82, 2.24) is 4.90 Å². The molecule has 0 unspecified atom stereocenters. The Balaban J connectivity index is 0.00000380. The summed E-state index contributed by atoms with van der Waals surface area (Å²) < 4.78 is 17.4. The predicted octanol–water partition coefficient (Wildman–Crippen LogP) is 4.90. The van der Waals surface area contributed by atoms with E-state index in [-0.39, 0.29) is 30.9 Å². The molecule has 0 spiro atoms. The van der Waals surface area contributed by atoms with Crippen molar-refractivity contribution >= 4 is 30.0 Å². The van der Waals surface area contributed by atoms with Crippen molar-refractivity contribution in [2.45, 2.75) is 25.6 Å². The number of nitrogens with two attached hydrogens (primary N) is 1. The lowest BCUT2D eigenvalue weighted by atomic mass is 9.97. The van der Waals surface area contributed by atoms with Crippen molar-refractivity contribution in [2.24, 2.45) is 5.73 Å². The van der Waals surface area contributed by atoms with Gasteiger partial charge in [0.25, 0.3) is 0 Å². The predicted molar refractivity (Wildman–Crippen MR) is 147 cm³/mol. The second kappa shape index (κ2) is 13.0. The van der Waals surface area contributed by atoms with Crippen LogP contribution in [0.2, 0.25) is 0 Å². The smallest absolute Gasteiger partial charge is 0.249 e. The molecule has 1 fully saturated rings. The number of phenolic OH excluding ortho intramolecular Hbond substituents is 1. The Morgan fingerprint density at radius 2 is 1.78 bits per heavy atom. The summed E-state index contributed by atoms with van der Waals surface area (Å²) in [5.74, 6) is 1.22. The van der Waals surface area contributed by atoms with Gasteiger partial charge in [-0.15, -0.1) is 12.4 Å². The average Bonchev–Trinajstić information content (AvgIpc) is 2.88. The first-order valence-corrected chi connectivity index (χ1v) is 12.0. The van der Waals surface area contributed by atoms with Gasteiger partial charge in [-0.1, -0.05) is 36.4 Å². The van der Waals surface area contributed by atoms with Crippen LogP contribution in [0, 0.1) is 0 Å². The van der Waals surface area contributed by atoms with E-state index >= 15 is 0 Å². The third kappa shape index (κ3) is 7.41. The van der Waals surface area contributed by atoms with E-state index in [1.807, 2.05) is 48.5 Å². The van der Waals surface area contributed by atoms with Gasteiger partial charge in [-0.3, -0.25) is 4.79 Å². The van der Waals surface area contributed by atoms with Crippen molar-refractivity contribution in [3.63, 3.8) is 0 Å². The minimum Gasteiger partial charge on any atom is -0.504 e. The maximum absolute atomic E-state index is 12.4. The molecule has 0 aliphatic carbocycles. The van der Waals surface area contributed by atoms with E-state index < -0.39 is 5.91 Å². The normalized spacial score (nSPS) is 14.5. The Bertz CT molecular complexity index is 1240. The van der Waals surface area contributed by atoms with E-state index in [9.17, 15) is 9.90 Å². The molecule has 1 aliphatic rings. The van der Waals surface area contributed by atoms with E-state index in [4.69, 9.17) is 19.9 Å². The first-order chi connectivity index (χ1) is 17.4. The monoisotopic (exact) mass is 524 g/mol. The van der Waals surface area contributed by atoms with Crippen LogP contribution in [0.25, 0.3) is 11.6 Å². The summed E-state index contributed by atoms with van der Waals surface area (Å²) in [6.45, 7) is 2.30. The highest BCUT2D eigenvalue weighted by Gasteiger charge is 2.18. The van der Waals surface area contributed by atoms with Gasteiger partial charge in [-0.05, 0) is 66.9 Å². The zero-order valence-electron chi connectivity index (χ0n) is 21.1. The number of ether oxygens (including phenoxy) is 3. The number of methoxy groups -OCH3 is 1. The highest BCUT2D eigenvalue weighted by atomic mass is 35.5. The lowest BCUT2D eigenvalue weighted by Gasteiger charge is -2.29. The number of primary amides is 1. The molecule has 0 radical (unpaired) electrons. The Labute approximate surface area is 223 Å². The van der Waals surface area contributed by atoms with Crippen LogP contribution < -0.4 is 19.9 Å². The molecule has 1 aliphatic heterocycles. The molecular weight excluding hydrogens is 492 g/mol. The molecule has 4 rings (SSSR count). The number of halogens is 1. The van der Waals surface area contributed by atoms with Gasteiger partial charge in [-0.25, -0.2) is 0 Å². The summed E-state index contributed by atoms with van der Waals surface area (Å²) in [5.41, 5.74) is 8.16. The average molecular weight is 525 g/mol. The maximum atomic E-state index is 12.4. The highest BCUT2D eigenvalue weighted by molar-refractivity contribution is 6.23. The fourth-order valence-corrected chi connectivity index (χ4v) is 4.25. The van der Waals surface area contributed by atoms with Crippen molar-refractivity contribution in [3.8, 4) is 23.0 Å². The van der Waals surface area contributed by atoms with Gasteiger partial charge in [0.2, 0.25) is 5.91 Å². The number of rotatable bonds is 9. The Kier molecular flexibility index (Phi) is 9.83. The maximum Gasteiger partial charge on any atom is 0.249 e. The van der Waals surface area contributed by atoms with Crippen LogP contribution in [0.15, 0.2) is 66.7 Å². The summed E-state index contributed by atoms with van der Waals surface area (Å²) in [6, 6.07) is 20.0. The fraction of sp³-hybridized carbons (Fsp3) is 0.276. The number of carbonyl (C=O) groups excluding carboxylic acids is 1. The zero-order chi connectivity index (χ0) is 25.5. The molecule has 3 N–H and O–H groups in total. The number of likely N-dealkylation sites (tertiary alicyclic amines) is 1. The molecular formula is C29H33ClN2O5. The first kappa shape index (κ1) is 27.9. The number of amides is 1. The largest absolute Gasteiger partial charge is 0.504 e. The van der Waals surface area contributed by atoms with E-state index in [0.29, 0.717) is 28.2 Å². The number of phenols is 1. The SMILES string of the molecule is COc1ccc(/C=C(/C(N)=O)c2ccccc2COc2cccc(OC3CCN(C)CC3)c2)cc1O.Cl. The molecule has 1 amide bonds. The molecule has 7 nitrogen and oxygen atoms in total. The minimum absolute atomic E-state index is 0. The van der Waals surface area contributed by atoms with Gasteiger partial charge >= 0.3 is 0 Å². The van der Waals surface area contributed by atoms with Crippen molar-refractivity contribution in [1.29, 1.82) is 0 Å². The van der Waals surface area contributed by atoms with Gasteiger partial charge in [0.15, 0.2) is 11.5 Å². The number of carbonyl (C=O) groups is 1. The van der Waals surface area contributed by atoms with E-state index in [1.54, 1.807) is 18.2 Å².